The van der Waals surface area contributed by atoms with Gasteiger partial charge in [0.2, 0.25) is 5.91 Å². The number of nitrogens with one attached hydrogen (secondary N) is 2. The Bertz CT molecular complexity index is 432. The highest BCUT2D eigenvalue weighted by atomic mass is 16.4. The van der Waals surface area contributed by atoms with Crippen LogP contribution in [-0.4, -0.2) is 36.1 Å². The summed E-state index contributed by atoms with van der Waals surface area (Å²) in [5, 5.41) is 15.1. The second-order valence-corrected chi connectivity index (χ2v) is 4.98. The minimum absolute atomic E-state index is 0.0286. The average Bonchev–Trinajstić information content (AvgIpc) is 2.38. The molecule has 0 fully saturated rings. The molecule has 1 aromatic rings. The lowest BCUT2D eigenvalue weighted by Crippen LogP contribution is -2.34. The normalized spacial score (nSPS) is 12.2. The Morgan fingerprint density at radius 2 is 1.85 bits per heavy atom. The molecule has 20 heavy (non-hydrogen) atoms. The summed E-state index contributed by atoms with van der Waals surface area (Å²) in [5.41, 5.74) is 0.763. The first kappa shape index (κ1) is 16.2. The Morgan fingerprint density at radius 3 is 2.40 bits per heavy atom. The molecule has 110 valence electrons. The molecule has 0 spiro atoms. The summed E-state index contributed by atoms with van der Waals surface area (Å²) in [4.78, 5) is 22.7. The van der Waals surface area contributed by atoms with Crippen molar-refractivity contribution >= 4 is 11.9 Å². The molecule has 0 aromatic heterocycles. The third kappa shape index (κ3) is 5.84. The molecule has 5 heteroatoms. The zero-order chi connectivity index (χ0) is 15.0. The highest BCUT2D eigenvalue weighted by Gasteiger charge is 2.18. The van der Waals surface area contributed by atoms with Crippen LogP contribution >= 0.6 is 0 Å². The lowest BCUT2D eigenvalue weighted by molar-refractivity contribution is -0.138. The molecule has 1 rings (SSSR count). The number of rotatable bonds is 8. The van der Waals surface area contributed by atoms with Crippen molar-refractivity contribution in [1.82, 2.24) is 10.6 Å². The van der Waals surface area contributed by atoms with Crippen molar-refractivity contribution in [3.63, 3.8) is 0 Å². The highest BCUT2D eigenvalue weighted by Crippen LogP contribution is 2.14. The first-order valence-corrected chi connectivity index (χ1v) is 6.78. The minimum Gasteiger partial charge on any atom is -0.481 e. The minimum atomic E-state index is -0.865. The van der Waals surface area contributed by atoms with Crippen molar-refractivity contribution in [2.45, 2.75) is 32.2 Å². The van der Waals surface area contributed by atoms with Crippen LogP contribution in [0.1, 0.15) is 31.7 Å². The summed E-state index contributed by atoms with van der Waals surface area (Å²) in [6, 6.07) is 9.21. The first-order valence-electron chi connectivity index (χ1n) is 6.78. The van der Waals surface area contributed by atoms with E-state index in [1.807, 2.05) is 32.0 Å². The van der Waals surface area contributed by atoms with Gasteiger partial charge in [-0.15, -0.1) is 0 Å². The van der Waals surface area contributed by atoms with E-state index in [2.05, 4.69) is 10.6 Å². The van der Waals surface area contributed by atoms with Gasteiger partial charge >= 0.3 is 5.97 Å². The molecule has 3 N–H and O–H groups in total. The predicted molar refractivity (Wildman–Crippen MR) is 77.6 cm³/mol. The maximum Gasteiger partial charge on any atom is 0.312 e. The van der Waals surface area contributed by atoms with E-state index in [0.717, 1.165) is 5.56 Å². The van der Waals surface area contributed by atoms with Crippen LogP contribution in [0.2, 0.25) is 0 Å². The smallest absolute Gasteiger partial charge is 0.312 e. The number of benzene rings is 1. The van der Waals surface area contributed by atoms with Crippen LogP contribution in [0, 0.1) is 0 Å². The Hall–Kier alpha value is -1.88. The fourth-order valence-electron chi connectivity index (χ4n) is 1.88. The van der Waals surface area contributed by atoms with Crippen LogP contribution in [0.5, 0.6) is 0 Å². The average molecular weight is 278 g/mol. The number of aliphatic carboxylic acids is 1. The Morgan fingerprint density at radius 1 is 1.20 bits per heavy atom. The van der Waals surface area contributed by atoms with E-state index >= 15 is 0 Å². The maximum absolute atomic E-state index is 11.4. The van der Waals surface area contributed by atoms with Crippen molar-refractivity contribution in [2.75, 3.05) is 13.1 Å². The number of carboxylic acids is 1. The molecule has 0 aliphatic rings. The standard InChI is InChI=1S/C15H22N2O3/c1-11(2)17-14(18)8-9-16-10-13(15(19)20)12-6-4-3-5-7-12/h3-7,11,13,16H,8-10H2,1-2H3,(H,17,18)(H,19,20). The van der Waals surface area contributed by atoms with Gasteiger partial charge in [0.05, 0.1) is 5.92 Å². The second kappa shape index (κ2) is 8.32. The summed E-state index contributed by atoms with van der Waals surface area (Å²) >= 11 is 0. The quantitative estimate of drug-likeness (QED) is 0.627. The number of carbonyl (C=O) groups is 2. The van der Waals surface area contributed by atoms with E-state index < -0.39 is 11.9 Å². The maximum atomic E-state index is 11.4. The number of amides is 1. The lowest BCUT2D eigenvalue weighted by Gasteiger charge is -2.14. The second-order valence-electron chi connectivity index (χ2n) is 4.98. The molecule has 5 nitrogen and oxygen atoms in total. The Balaban J connectivity index is 2.38. The zero-order valence-corrected chi connectivity index (χ0v) is 11.9. The molecule has 1 unspecified atom stereocenters. The lowest BCUT2D eigenvalue weighted by atomic mass is 9.99. The predicted octanol–water partition coefficient (Wildman–Crippen LogP) is 1.36. The summed E-state index contributed by atoms with van der Waals surface area (Å²) in [5.74, 6) is -1.49. The van der Waals surface area contributed by atoms with Crippen LogP contribution < -0.4 is 10.6 Å². The number of hydrogen-bond donors (Lipinski definition) is 3. The topological polar surface area (TPSA) is 78.4 Å². The van der Waals surface area contributed by atoms with Crippen molar-refractivity contribution in [2.24, 2.45) is 0 Å². The molecule has 0 radical (unpaired) electrons. The molecular weight excluding hydrogens is 256 g/mol. The van der Waals surface area contributed by atoms with Gasteiger partial charge in [0.1, 0.15) is 0 Å². The fraction of sp³-hybridized carbons (Fsp3) is 0.467. The van der Waals surface area contributed by atoms with Gasteiger partial charge in [0.15, 0.2) is 0 Å². The molecule has 0 aliphatic heterocycles. The van der Waals surface area contributed by atoms with Gasteiger partial charge in [-0.25, -0.2) is 0 Å². The first-order chi connectivity index (χ1) is 9.50. The van der Waals surface area contributed by atoms with E-state index in [1.54, 1.807) is 12.1 Å². The van der Waals surface area contributed by atoms with Crippen molar-refractivity contribution in [3.05, 3.63) is 35.9 Å². The SMILES string of the molecule is CC(C)NC(=O)CCNCC(C(=O)O)c1ccccc1. The van der Waals surface area contributed by atoms with Gasteiger partial charge in [0, 0.05) is 25.6 Å². The highest BCUT2D eigenvalue weighted by molar-refractivity contribution is 5.77. The Labute approximate surface area is 119 Å². The van der Waals surface area contributed by atoms with Crippen LogP contribution in [0.4, 0.5) is 0 Å². The van der Waals surface area contributed by atoms with Crippen molar-refractivity contribution in [3.8, 4) is 0 Å². The van der Waals surface area contributed by atoms with Gasteiger partial charge in [-0.05, 0) is 19.4 Å². The Kier molecular flexibility index (Phi) is 6.73. The molecule has 0 saturated heterocycles. The van der Waals surface area contributed by atoms with Crippen molar-refractivity contribution in [1.29, 1.82) is 0 Å². The molecule has 1 amide bonds. The summed E-state index contributed by atoms with van der Waals surface area (Å²) in [6.07, 6.45) is 0.347. The third-order valence-corrected chi connectivity index (χ3v) is 2.83. The number of hydrogen-bond acceptors (Lipinski definition) is 3. The van der Waals surface area contributed by atoms with E-state index in [4.69, 9.17) is 0 Å². The third-order valence-electron chi connectivity index (χ3n) is 2.83. The van der Waals surface area contributed by atoms with Gasteiger partial charge in [-0.1, -0.05) is 30.3 Å². The van der Waals surface area contributed by atoms with Gasteiger partial charge in [-0.3, -0.25) is 9.59 Å². The monoisotopic (exact) mass is 278 g/mol. The van der Waals surface area contributed by atoms with Crippen LogP contribution in [-0.2, 0) is 9.59 Å². The summed E-state index contributed by atoms with van der Waals surface area (Å²) < 4.78 is 0. The van der Waals surface area contributed by atoms with Crippen LogP contribution in [0.3, 0.4) is 0 Å². The van der Waals surface area contributed by atoms with E-state index in [-0.39, 0.29) is 11.9 Å². The largest absolute Gasteiger partial charge is 0.481 e. The van der Waals surface area contributed by atoms with E-state index in [1.165, 1.54) is 0 Å². The van der Waals surface area contributed by atoms with Gasteiger partial charge < -0.3 is 15.7 Å². The van der Waals surface area contributed by atoms with Gasteiger partial charge in [-0.2, -0.15) is 0 Å². The molecule has 0 aliphatic carbocycles. The summed E-state index contributed by atoms with van der Waals surface area (Å²) in [7, 11) is 0. The van der Waals surface area contributed by atoms with Crippen LogP contribution in [0.15, 0.2) is 30.3 Å². The molecule has 1 aromatic carbocycles. The van der Waals surface area contributed by atoms with Crippen molar-refractivity contribution < 1.29 is 14.7 Å². The van der Waals surface area contributed by atoms with E-state index in [0.29, 0.717) is 19.5 Å². The van der Waals surface area contributed by atoms with E-state index in [9.17, 15) is 14.7 Å². The molecule has 0 heterocycles. The zero-order valence-electron chi connectivity index (χ0n) is 11.9. The number of carboxylic acid groups (broad SMARTS) is 1. The fourth-order valence-corrected chi connectivity index (χ4v) is 1.88. The molecule has 0 saturated carbocycles. The molecular formula is C15H22N2O3. The van der Waals surface area contributed by atoms with Gasteiger partial charge in [0.25, 0.3) is 0 Å². The van der Waals surface area contributed by atoms with Crippen LogP contribution in [0.25, 0.3) is 0 Å². The number of carbonyl (C=O) groups excluding carboxylic acids is 1. The summed E-state index contributed by atoms with van der Waals surface area (Å²) in [6.45, 7) is 4.59. The molecule has 0 bridgehead atoms. The molecule has 1 atom stereocenters.